The zero-order valence-corrected chi connectivity index (χ0v) is 15.1. The predicted molar refractivity (Wildman–Crippen MR) is 105 cm³/mol. The highest BCUT2D eigenvalue weighted by molar-refractivity contribution is 8.00. The molecule has 0 radical (unpaired) electrons. The van der Waals surface area contributed by atoms with Crippen molar-refractivity contribution in [1.29, 1.82) is 0 Å². The van der Waals surface area contributed by atoms with Crippen molar-refractivity contribution in [2.24, 2.45) is 0 Å². The molecular weight excluding hydrogens is 366 g/mol. The molecule has 2 N–H and O–H groups in total. The summed E-state index contributed by atoms with van der Waals surface area (Å²) in [5.41, 5.74) is 3.43. The fourth-order valence-electron chi connectivity index (χ4n) is 2.77. The van der Waals surface area contributed by atoms with Gasteiger partial charge in [0.2, 0.25) is 5.95 Å². The number of H-pyrrole nitrogens is 2. The maximum Gasteiger partial charge on any atom is 0.274 e. The van der Waals surface area contributed by atoms with E-state index in [1.165, 1.54) is 9.38 Å². The van der Waals surface area contributed by atoms with Gasteiger partial charge in [0.25, 0.3) is 5.56 Å². The Hall–Kier alpha value is -2.84. The average Bonchev–Trinajstić information content (AvgIpc) is 3.35. The third-order valence-electron chi connectivity index (χ3n) is 3.99. The van der Waals surface area contributed by atoms with Crippen LogP contribution in [0.2, 0.25) is 0 Å². The Morgan fingerprint density at radius 2 is 1.85 bits per heavy atom. The molecule has 3 aromatic heterocycles. The molecule has 0 aliphatic carbocycles. The van der Waals surface area contributed by atoms with Crippen molar-refractivity contribution in [3.63, 3.8) is 0 Å². The lowest BCUT2D eigenvalue weighted by Gasteiger charge is -1.97. The van der Waals surface area contributed by atoms with E-state index in [1.54, 1.807) is 29.2 Å². The molecule has 0 unspecified atom stereocenters. The molecule has 26 heavy (non-hydrogen) atoms. The summed E-state index contributed by atoms with van der Waals surface area (Å²) in [4.78, 5) is 24.6. The maximum atomic E-state index is 12.3. The highest BCUT2D eigenvalue weighted by atomic mass is 32.2. The minimum absolute atomic E-state index is 0.135. The zero-order valence-electron chi connectivity index (χ0n) is 13.5. The average molecular weight is 379 g/mol. The molecule has 3 heterocycles. The van der Waals surface area contributed by atoms with Gasteiger partial charge in [-0.05, 0) is 24.3 Å². The third-order valence-corrected chi connectivity index (χ3v) is 6.22. The standard InChI is InChI=1S/C18H13N5OS2/c24-16-9-11(10-25-18-21-14-7-3-4-8-15(14)26-18)22-23(16)17-19-12-5-1-2-6-13(12)20-17/h1-9,22H,10H2,(H,19,20). The van der Waals surface area contributed by atoms with E-state index in [9.17, 15) is 4.79 Å². The Labute approximate surface area is 155 Å². The Morgan fingerprint density at radius 3 is 2.69 bits per heavy atom. The molecule has 0 saturated heterocycles. The number of nitrogens with one attached hydrogen (secondary N) is 2. The largest absolute Gasteiger partial charge is 0.322 e. The summed E-state index contributed by atoms with van der Waals surface area (Å²) in [5.74, 6) is 1.13. The SMILES string of the molecule is O=c1cc(CSc2nc3ccccc3s2)[nH]n1-c1nc2ccccc2[nH]1. The second-order valence-electron chi connectivity index (χ2n) is 5.77. The van der Waals surface area contributed by atoms with Crippen LogP contribution in [0.4, 0.5) is 0 Å². The van der Waals surface area contributed by atoms with Gasteiger partial charge in [-0.25, -0.2) is 9.97 Å². The highest BCUT2D eigenvalue weighted by Crippen LogP contribution is 2.30. The van der Waals surface area contributed by atoms with E-state index in [4.69, 9.17) is 0 Å². The van der Waals surface area contributed by atoms with Crippen LogP contribution >= 0.6 is 23.1 Å². The summed E-state index contributed by atoms with van der Waals surface area (Å²) in [7, 11) is 0. The topological polar surface area (TPSA) is 79.4 Å². The van der Waals surface area contributed by atoms with Crippen LogP contribution in [-0.4, -0.2) is 24.7 Å². The number of imidazole rings is 1. The number of rotatable bonds is 4. The van der Waals surface area contributed by atoms with Crippen molar-refractivity contribution in [3.8, 4) is 5.95 Å². The van der Waals surface area contributed by atoms with Gasteiger partial charge in [-0.2, -0.15) is 4.68 Å². The number of para-hydroxylation sites is 3. The van der Waals surface area contributed by atoms with E-state index >= 15 is 0 Å². The first kappa shape index (κ1) is 15.4. The monoisotopic (exact) mass is 379 g/mol. The molecule has 6 nitrogen and oxygen atoms in total. The summed E-state index contributed by atoms with van der Waals surface area (Å²) in [6.07, 6.45) is 0. The predicted octanol–water partition coefficient (Wildman–Crippen LogP) is 3.94. The normalized spacial score (nSPS) is 11.5. The van der Waals surface area contributed by atoms with Gasteiger partial charge in [0.05, 0.1) is 21.3 Å². The summed E-state index contributed by atoms with van der Waals surface area (Å²) in [6.45, 7) is 0. The van der Waals surface area contributed by atoms with Gasteiger partial charge in [-0.3, -0.25) is 9.89 Å². The molecule has 0 spiro atoms. The molecule has 0 aliphatic rings. The van der Waals surface area contributed by atoms with E-state index in [1.807, 2.05) is 42.5 Å². The Morgan fingerprint density at radius 1 is 1.04 bits per heavy atom. The fraction of sp³-hybridized carbons (Fsp3) is 0.0556. The molecule has 0 amide bonds. The van der Waals surface area contributed by atoms with Gasteiger partial charge in [-0.1, -0.05) is 36.0 Å². The summed E-state index contributed by atoms with van der Waals surface area (Å²) in [5, 5.41) is 3.13. The molecule has 0 saturated carbocycles. The Bertz CT molecular complexity index is 1210. The molecule has 128 valence electrons. The molecule has 0 bridgehead atoms. The van der Waals surface area contributed by atoms with Gasteiger partial charge in [0.1, 0.15) is 0 Å². The molecule has 2 aromatic carbocycles. The molecule has 5 aromatic rings. The lowest BCUT2D eigenvalue weighted by Crippen LogP contribution is -2.14. The number of fused-ring (bicyclic) bond motifs is 2. The van der Waals surface area contributed by atoms with Gasteiger partial charge in [0.15, 0.2) is 4.34 Å². The van der Waals surface area contributed by atoms with Gasteiger partial charge in [-0.15, -0.1) is 11.3 Å². The number of hydrogen-bond acceptors (Lipinski definition) is 5. The van der Waals surface area contributed by atoms with Crippen molar-refractivity contribution in [2.45, 2.75) is 10.1 Å². The first-order valence-corrected chi connectivity index (χ1v) is 9.81. The summed E-state index contributed by atoms with van der Waals surface area (Å²) in [6, 6.07) is 17.4. The minimum Gasteiger partial charge on any atom is -0.322 e. The summed E-state index contributed by atoms with van der Waals surface area (Å²) >= 11 is 3.28. The van der Waals surface area contributed by atoms with Crippen LogP contribution in [0.1, 0.15) is 5.69 Å². The van der Waals surface area contributed by atoms with Gasteiger partial charge in [0, 0.05) is 17.5 Å². The van der Waals surface area contributed by atoms with Crippen LogP contribution in [0.15, 0.2) is 63.7 Å². The van der Waals surface area contributed by atoms with Crippen molar-refractivity contribution in [3.05, 3.63) is 70.6 Å². The first-order valence-electron chi connectivity index (χ1n) is 8.01. The van der Waals surface area contributed by atoms with E-state index < -0.39 is 0 Å². The van der Waals surface area contributed by atoms with Crippen molar-refractivity contribution >= 4 is 44.3 Å². The third kappa shape index (κ3) is 2.73. The quantitative estimate of drug-likeness (QED) is 0.464. The van der Waals surface area contributed by atoms with E-state index in [-0.39, 0.29) is 5.56 Å². The minimum atomic E-state index is -0.135. The zero-order chi connectivity index (χ0) is 17.5. The van der Waals surface area contributed by atoms with Crippen LogP contribution in [0.25, 0.3) is 27.2 Å². The second kappa shape index (κ2) is 6.15. The smallest absolute Gasteiger partial charge is 0.274 e. The molecule has 0 aliphatic heterocycles. The maximum absolute atomic E-state index is 12.3. The molecule has 0 atom stereocenters. The van der Waals surface area contributed by atoms with Gasteiger partial charge >= 0.3 is 0 Å². The number of thioether (sulfide) groups is 1. The molecule has 0 fully saturated rings. The van der Waals surface area contributed by atoms with Crippen LogP contribution in [0.3, 0.4) is 0 Å². The highest BCUT2D eigenvalue weighted by Gasteiger charge is 2.11. The van der Waals surface area contributed by atoms with Crippen LogP contribution in [0.5, 0.6) is 0 Å². The molecule has 5 rings (SSSR count). The second-order valence-corrected chi connectivity index (χ2v) is 8.02. The van der Waals surface area contributed by atoms with E-state index in [0.29, 0.717) is 11.7 Å². The number of hydrogen-bond donors (Lipinski definition) is 2. The van der Waals surface area contributed by atoms with E-state index in [2.05, 4.69) is 26.1 Å². The fourth-order valence-corrected chi connectivity index (χ4v) is 4.74. The first-order chi connectivity index (χ1) is 12.8. The number of thiazole rings is 1. The summed E-state index contributed by atoms with van der Waals surface area (Å²) < 4.78 is 3.60. The van der Waals surface area contributed by atoms with Crippen molar-refractivity contribution in [2.75, 3.05) is 0 Å². The lowest BCUT2D eigenvalue weighted by atomic mass is 10.3. The number of aromatic amines is 2. The van der Waals surface area contributed by atoms with Gasteiger partial charge < -0.3 is 4.98 Å². The molecule has 8 heteroatoms. The number of nitrogens with zero attached hydrogens (tertiary/aromatic N) is 3. The number of benzene rings is 2. The Kier molecular flexibility index (Phi) is 3.65. The number of aromatic nitrogens is 5. The van der Waals surface area contributed by atoms with E-state index in [0.717, 1.165) is 26.6 Å². The molecular formula is C18H13N5OS2. The van der Waals surface area contributed by atoms with Crippen molar-refractivity contribution in [1.82, 2.24) is 24.7 Å². The Balaban J connectivity index is 1.40. The van der Waals surface area contributed by atoms with Crippen LogP contribution in [0, 0.1) is 0 Å². The van der Waals surface area contributed by atoms with Crippen LogP contribution in [-0.2, 0) is 5.75 Å². The lowest BCUT2D eigenvalue weighted by molar-refractivity contribution is 0.789. The van der Waals surface area contributed by atoms with Crippen molar-refractivity contribution < 1.29 is 0 Å². The van der Waals surface area contributed by atoms with Crippen LogP contribution < -0.4 is 5.56 Å².